The SMILES string of the molecule is C[Si](C)(C)c1ccc(-c2nc(-c3ccccc3)nc(-c3cccc(-c4cccc(-c5ccc6c(c5)C5(CCCC5)c5ccccc5-6)c4)c3)n2)cc1. The molecule has 0 amide bonds. The first-order valence-corrected chi connectivity index (χ1v) is 21.7. The van der Waals surface area contributed by atoms with Crippen molar-refractivity contribution >= 4 is 13.3 Å². The molecule has 2 aliphatic carbocycles. The van der Waals surface area contributed by atoms with Gasteiger partial charge >= 0.3 is 0 Å². The maximum atomic E-state index is 5.07. The summed E-state index contributed by atoms with van der Waals surface area (Å²) in [5.74, 6) is 2.04. The van der Waals surface area contributed by atoms with Gasteiger partial charge in [-0.15, -0.1) is 0 Å². The van der Waals surface area contributed by atoms with Crippen molar-refractivity contribution in [1.82, 2.24) is 15.0 Å². The standard InChI is InChI=1S/C47H41N3Si/c1-51(2,3)39-24-21-33(22-25-39)45-48-44(32-13-5-4-6-14-32)49-46(50-45)38-18-12-17-36(30-38)34-15-11-16-35(29-34)37-23-26-41-40-19-7-8-20-42(40)47(43(41)31-37)27-9-10-28-47/h4-8,11-26,29-31H,9-10,27-28H2,1-3H3. The van der Waals surface area contributed by atoms with Crippen LogP contribution in [0.3, 0.4) is 0 Å². The molecule has 1 fully saturated rings. The predicted molar refractivity (Wildman–Crippen MR) is 215 cm³/mol. The van der Waals surface area contributed by atoms with Crippen molar-refractivity contribution in [3.8, 4) is 67.5 Å². The first kappa shape index (κ1) is 31.5. The van der Waals surface area contributed by atoms with Crippen molar-refractivity contribution in [3.63, 3.8) is 0 Å². The molecular formula is C47H41N3Si. The van der Waals surface area contributed by atoms with Gasteiger partial charge in [0, 0.05) is 22.1 Å². The zero-order chi connectivity index (χ0) is 34.6. The van der Waals surface area contributed by atoms with Crippen LogP contribution >= 0.6 is 0 Å². The highest BCUT2D eigenvalue weighted by molar-refractivity contribution is 6.88. The molecule has 1 heterocycles. The fourth-order valence-corrected chi connectivity index (χ4v) is 9.50. The van der Waals surface area contributed by atoms with E-state index in [-0.39, 0.29) is 5.41 Å². The number of rotatable bonds is 6. The van der Waals surface area contributed by atoms with Crippen LogP contribution in [-0.2, 0) is 5.41 Å². The molecule has 1 aromatic heterocycles. The van der Waals surface area contributed by atoms with Gasteiger partial charge in [-0.2, -0.15) is 0 Å². The van der Waals surface area contributed by atoms with Gasteiger partial charge in [0.1, 0.15) is 0 Å². The van der Waals surface area contributed by atoms with Crippen LogP contribution in [0.4, 0.5) is 0 Å². The van der Waals surface area contributed by atoms with Crippen molar-refractivity contribution < 1.29 is 0 Å². The van der Waals surface area contributed by atoms with Crippen LogP contribution in [0.2, 0.25) is 19.6 Å². The minimum absolute atomic E-state index is 0.159. The Labute approximate surface area is 302 Å². The summed E-state index contributed by atoms with van der Waals surface area (Å²) in [4.78, 5) is 15.1. The molecule has 248 valence electrons. The molecule has 7 aromatic rings. The van der Waals surface area contributed by atoms with Crippen LogP contribution in [0.5, 0.6) is 0 Å². The van der Waals surface area contributed by atoms with Gasteiger partial charge in [-0.1, -0.05) is 165 Å². The van der Waals surface area contributed by atoms with E-state index >= 15 is 0 Å². The molecule has 0 atom stereocenters. The second-order valence-corrected chi connectivity index (χ2v) is 20.3. The van der Waals surface area contributed by atoms with E-state index in [9.17, 15) is 0 Å². The Balaban J connectivity index is 1.09. The summed E-state index contributed by atoms with van der Waals surface area (Å²) in [6.45, 7) is 7.11. The van der Waals surface area contributed by atoms with Gasteiger partial charge in [0.15, 0.2) is 17.5 Å². The van der Waals surface area contributed by atoms with Gasteiger partial charge in [0.25, 0.3) is 0 Å². The Bertz CT molecular complexity index is 2400. The van der Waals surface area contributed by atoms with Gasteiger partial charge in [-0.05, 0) is 75.5 Å². The van der Waals surface area contributed by atoms with Gasteiger partial charge in [-0.25, -0.2) is 15.0 Å². The molecule has 51 heavy (non-hydrogen) atoms. The summed E-state index contributed by atoms with van der Waals surface area (Å²) in [6.07, 6.45) is 5.07. The van der Waals surface area contributed by atoms with Crippen LogP contribution in [0.1, 0.15) is 36.8 Å². The zero-order valence-corrected chi connectivity index (χ0v) is 30.5. The Kier molecular flexibility index (Phi) is 7.66. The molecule has 1 saturated carbocycles. The van der Waals surface area contributed by atoms with Crippen LogP contribution in [0, 0.1) is 0 Å². The van der Waals surface area contributed by atoms with Gasteiger partial charge in [0.2, 0.25) is 0 Å². The highest BCUT2D eigenvalue weighted by Gasteiger charge is 2.44. The van der Waals surface area contributed by atoms with Crippen LogP contribution in [0.15, 0.2) is 146 Å². The molecule has 0 aliphatic heterocycles. The molecule has 0 saturated heterocycles. The first-order valence-electron chi connectivity index (χ1n) is 18.2. The normalized spacial score (nSPS) is 14.4. The molecule has 0 radical (unpaired) electrons. The van der Waals surface area contributed by atoms with Crippen molar-refractivity contribution in [3.05, 3.63) is 157 Å². The second kappa shape index (κ2) is 12.4. The third-order valence-electron chi connectivity index (χ3n) is 11.1. The number of hydrogen-bond donors (Lipinski definition) is 0. The van der Waals surface area contributed by atoms with Crippen molar-refractivity contribution in [1.29, 1.82) is 0 Å². The van der Waals surface area contributed by atoms with Crippen LogP contribution in [0.25, 0.3) is 67.5 Å². The molecule has 6 aromatic carbocycles. The average molecular weight is 676 g/mol. The maximum absolute atomic E-state index is 5.07. The van der Waals surface area contributed by atoms with Gasteiger partial charge in [-0.3, -0.25) is 0 Å². The lowest BCUT2D eigenvalue weighted by Gasteiger charge is -2.27. The Hall–Kier alpha value is -5.45. The minimum Gasteiger partial charge on any atom is -0.208 e. The summed E-state index contributed by atoms with van der Waals surface area (Å²) < 4.78 is 0. The van der Waals surface area contributed by atoms with Gasteiger partial charge < -0.3 is 0 Å². The second-order valence-electron chi connectivity index (χ2n) is 15.3. The molecule has 9 rings (SSSR count). The van der Waals surface area contributed by atoms with E-state index < -0.39 is 8.07 Å². The lowest BCUT2D eigenvalue weighted by Crippen LogP contribution is -2.37. The lowest BCUT2D eigenvalue weighted by atomic mass is 9.76. The molecular weight excluding hydrogens is 635 g/mol. The van der Waals surface area contributed by atoms with Crippen LogP contribution < -0.4 is 5.19 Å². The van der Waals surface area contributed by atoms with E-state index in [1.165, 1.54) is 69.8 Å². The summed E-state index contributed by atoms with van der Waals surface area (Å²) in [7, 11) is -1.43. The highest BCUT2D eigenvalue weighted by atomic mass is 28.3. The molecule has 0 bridgehead atoms. The molecule has 0 N–H and O–H groups in total. The lowest BCUT2D eigenvalue weighted by molar-refractivity contribution is 0.550. The summed E-state index contributed by atoms with van der Waals surface area (Å²) in [5, 5.41) is 1.42. The number of benzene rings is 6. The number of aromatic nitrogens is 3. The molecule has 2 aliphatic rings. The molecule has 3 nitrogen and oxygen atoms in total. The van der Waals surface area contributed by atoms with Gasteiger partial charge in [0.05, 0.1) is 8.07 Å². The zero-order valence-electron chi connectivity index (χ0n) is 29.5. The fourth-order valence-electron chi connectivity index (χ4n) is 8.34. The average Bonchev–Trinajstić information content (AvgIpc) is 3.78. The summed E-state index contributed by atoms with van der Waals surface area (Å²) in [5.41, 5.74) is 13.8. The monoisotopic (exact) mass is 675 g/mol. The van der Waals surface area contributed by atoms with E-state index in [1.807, 2.05) is 18.2 Å². The fraction of sp³-hybridized carbons (Fsp3) is 0.170. The van der Waals surface area contributed by atoms with Crippen LogP contribution in [-0.4, -0.2) is 23.0 Å². The smallest absolute Gasteiger partial charge is 0.164 e. The topological polar surface area (TPSA) is 38.7 Å². The van der Waals surface area contributed by atoms with Crippen molar-refractivity contribution in [2.24, 2.45) is 0 Å². The van der Waals surface area contributed by atoms with Crippen molar-refractivity contribution in [2.45, 2.75) is 50.7 Å². The van der Waals surface area contributed by atoms with E-state index in [4.69, 9.17) is 15.0 Å². The number of fused-ring (bicyclic) bond motifs is 5. The van der Waals surface area contributed by atoms with E-state index in [1.54, 1.807) is 0 Å². The Morgan fingerprint density at radius 3 is 1.53 bits per heavy atom. The van der Waals surface area contributed by atoms with Crippen molar-refractivity contribution in [2.75, 3.05) is 0 Å². The molecule has 1 spiro atoms. The third kappa shape index (κ3) is 5.64. The van der Waals surface area contributed by atoms with E-state index in [0.29, 0.717) is 17.5 Å². The number of hydrogen-bond acceptors (Lipinski definition) is 3. The largest absolute Gasteiger partial charge is 0.208 e. The quantitative estimate of drug-likeness (QED) is 0.165. The summed E-state index contributed by atoms with van der Waals surface area (Å²) in [6, 6.07) is 52.9. The van der Waals surface area contributed by atoms with E-state index in [0.717, 1.165) is 22.3 Å². The third-order valence-corrected chi connectivity index (χ3v) is 13.1. The maximum Gasteiger partial charge on any atom is 0.164 e. The summed E-state index contributed by atoms with van der Waals surface area (Å²) >= 11 is 0. The predicted octanol–water partition coefficient (Wildman–Crippen LogP) is 11.6. The number of nitrogens with zero attached hydrogens (tertiary/aromatic N) is 3. The van der Waals surface area contributed by atoms with E-state index in [2.05, 4.69) is 147 Å². The Morgan fingerprint density at radius 2 is 0.882 bits per heavy atom. The molecule has 0 unspecified atom stereocenters. The highest BCUT2D eigenvalue weighted by Crippen LogP contribution is 2.57. The first-order chi connectivity index (χ1) is 24.9. The molecule has 4 heteroatoms. The Morgan fingerprint density at radius 1 is 0.412 bits per heavy atom. The minimum atomic E-state index is -1.43.